The number of nitrogens with zero attached hydrogens (tertiary/aromatic N) is 6. The van der Waals surface area contributed by atoms with Crippen molar-refractivity contribution in [1.29, 1.82) is 0 Å². The molecule has 0 spiro atoms. The van der Waals surface area contributed by atoms with Crippen molar-refractivity contribution < 1.29 is 0 Å². The van der Waals surface area contributed by atoms with Crippen LogP contribution in [0.3, 0.4) is 0 Å². The van der Waals surface area contributed by atoms with E-state index >= 15 is 0 Å². The number of aryl methyl sites for hydroxylation is 1. The van der Waals surface area contributed by atoms with E-state index in [2.05, 4.69) is 39.1 Å². The normalized spacial score (nSPS) is 11.1. The molecule has 6 aromatic rings. The van der Waals surface area contributed by atoms with Gasteiger partial charge in [0.2, 0.25) is 17.2 Å². The minimum atomic E-state index is 0.0509. The molecule has 0 aliphatic heterocycles. The lowest BCUT2D eigenvalue weighted by molar-refractivity contribution is 1.01. The van der Waals surface area contributed by atoms with E-state index < -0.39 is 0 Å². The quantitative estimate of drug-likeness (QED) is 0.185. The molecule has 1 N–H and O–H groups in total. The van der Waals surface area contributed by atoms with E-state index in [-0.39, 0.29) is 5.28 Å². The molecule has 0 atom stereocenters. The second kappa shape index (κ2) is 12.0. The van der Waals surface area contributed by atoms with Gasteiger partial charge in [-0.15, -0.1) is 5.11 Å². The smallest absolute Gasteiger partial charge is 0.240 e. The van der Waals surface area contributed by atoms with Crippen LogP contribution >= 0.6 is 11.6 Å². The molecule has 8 heteroatoms. The van der Waals surface area contributed by atoms with E-state index in [0.717, 1.165) is 44.6 Å². The van der Waals surface area contributed by atoms with Crippen LogP contribution in [0.5, 0.6) is 0 Å². The van der Waals surface area contributed by atoms with Gasteiger partial charge in [-0.3, -0.25) is 4.90 Å². The number of hydrogen-bond donors (Lipinski definition) is 1. The van der Waals surface area contributed by atoms with Crippen LogP contribution in [0.15, 0.2) is 132 Å². The molecule has 1 heterocycles. The number of nitrogens with one attached hydrogen (secondary N) is 1. The van der Waals surface area contributed by atoms with Gasteiger partial charge < -0.3 is 5.32 Å². The van der Waals surface area contributed by atoms with Gasteiger partial charge >= 0.3 is 0 Å². The maximum Gasteiger partial charge on any atom is 0.240 e. The van der Waals surface area contributed by atoms with Gasteiger partial charge in [0, 0.05) is 16.8 Å². The topological polar surface area (TPSA) is 78.7 Å². The van der Waals surface area contributed by atoms with Gasteiger partial charge in [-0.25, -0.2) is 0 Å². The van der Waals surface area contributed by atoms with Gasteiger partial charge in [0.25, 0.3) is 0 Å². The van der Waals surface area contributed by atoms with Gasteiger partial charge in [0.1, 0.15) is 5.69 Å². The lowest BCUT2D eigenvalue weighted by Gasteiger charge is -2.25. The highest BCUT2D eigenvalue weighted by Crippen LogP contribution is 2.43. The minimum Gasteiger partial charge on any atom is -0.324 e. The zero-order valence-corrected chi connectivity index (χ0v) is 23.6. The Hall–Kier alpha value is -5.40. The molecule has 7 nitrogen and oxygen atoms in total. The second-order valence-corrected chi connectivity index (χ2v) is 9.83. The molecule has 5 aromatic carbocycles. The van der Waals surface area contributed by atoms with Crippen molar-refractivity contribution in [3.8, 4) is 0 Å². The summed E-state index contributed by atoms with van der Waals surface area (Å²) in [6, 6.07) is 37.6. The number of azo groups is 1. The molecule has 0 saturated carbocycles. The third-order valence-corrected chi connectivity index (χ3v) is 6.88. The highest BCUT2D eigenvalue weighted by Gasteiger charge is 2.22. The van der Waals surface area contributed by atoms with Crippen LogP contribution in [0.1, 0.15) is 11.1 Å². The van der Waals surface area contributed by atoms with E-state index in [9.17, 15) is 0 Å². The average molecular weight is 568 g/mol. The van der Waals surface area contributed by atoms with Crippen molar-refractivity contribution in [3.63, 3.8) is 0 Å². The Morgan fingerprint density at radius 3 is 2.29 bits per heavy atom. The Labute approximate surface area is 248 Å². The van der Waals surface area contributed by atoms with E-state index in [1.807, 2.05) is 115 Å². The molecule has 6 rings (SSSR count). The van der Waals surface area contributed by atoms with Crippen molar-refractivity contribution in [2.75, 3.05) is 10.2 Å². The van der Waals surface area contributed by atoms with Crippen LogP contribution in [-0.2, 0) is 0 Å². The van der Waals surface area contributed by atoms with Gasteiger partial charge in [0.05, 0.1) is 11.4 Å². The number of anilines is 5. The molecule has 0 radical (unpaired) electrons. The Morgan fingerprint density at radius 1 is 0.762 bits per heavy atom. The molecule has 1 aromatic heterocycles. The molecule has 0 fully saturated rings. The molecule has 0 aliphatic rings. The minimum absolute atomic E-state index is 0.0509. The van der Waals surface area contributed by atoms with Gasteiger partial charge in [-0.1, -0.05) is 91.5 Å². The molecule has 42 heavy (non-hydrogen) atoms. The summed E-state index contributed by atoms with van der Waals surface area (Å²) >= 11 is 6.49. The molecule has 0 saturated heterocycles. The van der Waals surface area contributed by atoms with Crippen LogP contribution in [0, 0.1) is 6.92 Å². The fourth-order valence-electron chi connectivity index (χ4n) is 4.58. The number of benzene rings is 5. The Kier molecular flexibility index (Phi) is 7.66. The fraction of sp³-hybridized carbons (Fsp3) is 0.0294. The molecular formula is C34H26ClN7. The van der Waals surface area contributed by atoms with Crippen molar-refractivity contribution in [3.05, 3.63) is 138 Å². The number of aromatic nitrogens is 3. The Balaban J connectivity index is 1.52. The summed E-state index contributed by atoms with van der Waals surface area (Å²) in [5.74, 6) is 0.634. The third kappa shape index (κ3) is 5.73. The lowest BCUT2D eigenvalue weighted by atomic mass is 10.1. The largest absolute Gasteiger partial charge is 0.324 e. The highest BCUT2D eigenvalue weighted by molar-refractivity contribution is 6.28. The highest BCUT2D eigenvalue weighted by atomic mass is 35.5. The second-order valence-electron chi connectivity index (χ2n) is 9.49. The number of hydrogen-bond acceptors (Lipinski definition) is 7. The van der Waals surface area contributed by atoms with Crippen LogP contribution in [0.4, 0.5) is 40.3 Å². The van der Waals surface area contributed by atoms with Gasteiger partial charge in [-0.05, 0) is 71.4 Å². The predicted octanol–water partition coefficient (Wildman–Crippen LogP) is 10.3. The first-order valence-corrected chi connectivity index (χ1v) is 13.7. The van der Waals surface area contributed by atoms with Gasteiger partial charge in [-0.2, -0.15) is 20.1 Å². The average Bonchev–Trinajstić information content (AvgIpc) is 3.02. The van der Waals surface area contributed by atoms with Crippen LogP contribution in [0.25, 0.3) is 16.8 Å². The maximum absolute atomic E-state index is 6.49. The lowest BCUT2D eigenvalue weighted by Crippen LogP contribution is -2.15. The van der Waals surface area contributed by atoms with E-state index in [1.54, 1.807) is 6.08 Å². The van der Waals surface area contributed by atoms with Crippen molar-refractivity contribution in [1.82, 2.24) is 15.0 Å². The first-order valence-electron chi connectivity index (χ1n) is 13.3. The monoisotopic (exact) mass is 567 g/mol. The summed E-state index contributed by atoms with van der Waals surface area (Å²) in [6.45, 7) is 5.83. The number of para-hydroxylation sites is 1. The first-order chi connectivity index (χ1) is 20.6. The summed E-state index contributed by atoms with van der Waals surface area (Å²) in [5.41, 5.74) is 5.87. The molecule has 0 unspecified atom stereocenters. The number of rotatable bonds is 8. The molecule has 0 bridgehead atoms. The zero-order valence-electron chi connectivity index (χ0n) is 22.8. The van der Waals surface area contributed by atoms with Crippen molar-refractivity contribution in [2.45, 2.75) is 6.92 Å². The van der Waals surface area contributed by atoms with Crippen LogP contribution in [-0.4, -0.2) is 15.0 Å². The van der Waals surface area contributed by atoms with E-state index in [4.69, 9.17) is 21.7 Å². The molecule has 0 amide bonds. The molecule has 204 valence electrons. The Morgan fingerprint density at radius 2 is 1.50 bits per heavy atom. The maximum atomic E-state index is 6.49. The van der Waals surface area contributed by atoms with Crippen LogP contribution in [0.2, 0.25) is 5.28 Å². The van der Waals surface area contributed by atoms with E-state index in [1.165, 1.54) is 0 Å². The van der Waals surface area contributed by atoms with E-state index in [0.29, 0.717) is 17.6 Å². The SMILES string of the molecule is C=Cc1ccc(Nc2nc(Cl)nc(N(c3ccccc3)c3ccc4ccccc4c3N=Nc3ccccc3C)n2)cc1. The molecular weight excluding hydrogens is 542 g/mol. The zero-order chi connectivity index (χ0) is 28.9. The summed E-state index contributed by atoms with van der Waals surface area (Å²) in [7, 11) is 0. The number of fused-ring (bicyclic) bond motifs is 1. The summed E-state index contributed by atoms with van der Waals surface area (Å²) in [6.07, 6.45) is 1.79. The third-order valence-electron chi connectivity index (χ3n) is 6.71. The first kappa shape index (κ1) is 26.8. The van der Waals surface area contributed by atoms with Crippen molar-refractivity contribution in [2.24, 2.45) is 10.2 Å². The summed E-state index contributed by atoms with van der Waals surface area (Å²) in [5, 5.41) is 14.7. The number of halogens is 1. The summed E-state index contributed by atoms with van der Waals surface area (Å²) < 4.78 is 0. The van der Waals surface area contributed by atoms with Crippen molar-refractivity contribution >= 4 is 68.8 Å². The van der Waals surface area contributed by atoms with Gasteiger partial charge in [0.15, 0.2) is 0 Å². The predicted molar refractivity (Wildman–Crippen MR) is 172 cm³/mol. The Bertz CT molecular complexity index is 1900. The van der Waals surface area contributed by atoms with Crippen LogP contribution < -0.4 is 10.2 Å². The standard InChI is InChI=1S/C34H26ClN7/c1-3-24-17-20-26(21-18-24)36-33-37-32(35)38-34(39-33)42(27-13-5-4-6-14-27)30-22-19-25-12-8-9-15-28(25)31(30)41-40-29-16-10-7-11-23(29)2/h3-22H,1H2,2H3,(H,36,37,38,39). The molecule has 0 aliphatic carbocycles. The summed E-state index contributed by atoms with van der Waals surface area (Å²) in [4.78, 5) is 15.6. The fourth-order valence-corrected chi connectivity index (χ4v) is 4.73.